The minimum atomic E-state index is -0.535. The second-order valence-electron chi connectivity index (χ2n) is 4.23. The van der Waals surface area contributed by atoms with Crippen LogP contribution in [0.4, 0.5) is 8.78 Å². The molecule has 1 unspecified atom stereocenters. The highest BCUT2D eigenvalue weighted by molar-refractivity contribution is 9.10. The number of halogens is 3. The molecule has 0 aliphatic heterocycles. The van der Waals surface area contributed by atoms with Crippen LogP contribution >= 0.6 is 27.3 Å². The Balaban J connectivity index is 2.44. The summed E-state index contributed by atoms with van der Waals surface area (Å²) in [7, 11) is 0. The van der Waals surface area contributed by atoms with Gasteiger partial charge in [0.25, 0.3) is 0 Å². The molecule has 2 aromatic rings. The van der Waals surface area contributed by atoms with Crippen LogP contribution in [-0.4, -0.2) is 6.54 Å². The number of hydrogen-bond donors (Lipinski definition) is 1. The second-order valence-corrected chi connectivity index (χ2v) is 5.92. The molecule has 0 saturated carbocycles. The van der Waals surface area contributed by atoms with Gasteiger partial charge in [-0.2, -0.15) is 11.3 Å². The van der Waals surface area contributed by atoms with E-state index >= 15 is 0 Å². The molecule has 0 saturated heterocycles. The Morgan fingerprint density at radius 3 is 2.53 bits per heavy atom. The van der Waals surface area contributed by atoms with Crippen molar-refractivity contribution in [1.29, 1.82) is 0 Å². The molecule has 0 radical (unpaired) electrons. The van der Waals surface area contributed by atoms with Gasteiger partial charge >= 0.3 is 0 Å². The van der Waals surface area contributed by atoms with Gasteiger partial charge in [0.05, 0.1) is 6.04 Å². The van der Waals surface area contributed by atoms with Crippen molar-refractivity contribution in [3.05, 3.63) is 56.2 Å². The fourth-order valence-corrected chi connectivity index (χ4v) is 3.03. The molecule has 1 nitrogen and oxygen atoms in total. The molecule has 2 rings (SSSR count). The van der Waals surface area contributed by atoms with E-state index in [-0.39, 0.29) is 5.56 Å². The molecule has 1 heterocycles. The van der Waals surface area contributed by atoms with Crippen molar-refractivity contribution in [2.45, 2.75) is 19.4 Å². The lowest BCUT2D eigenvalue weighted by Gasteiger charge is -2.19. The standard InChI is InChI=1S/C14H14BrF2NS/c1-2-4-18-14(9-3-5-19-8-9)13-11(16)6-10(15)7-12(13)17/h3,5-8,14,18H,2,4H2,1H3. The molecular weight excluding hydrogens is 332 g/mol. The summed E-state index contributed by atoms with van der Waals surface area (Å²) in [5.74, 6) is -1.07. The van der Waals surface area contributed by atoms with E-state index < -0.39 is 17.7 Å². The maximum Gasteiger partial charge on any atom is 0.132 e. The van der Waals surface area contributed by atoms with E-state index in [9.17, 15) is 8.78 Å². The van der Waals surface area contributed by atoms with Gasteiger partial charge in [0.15, 0.2) is 0 Å². The average Bonchev–Trinajstić information content (AvgIpc) is 2.85. The van der Waals surface area contributed by atoms with E-state index in [0.29, 0.717) is 11.0 Å². The normalized spacial score (nSPS) is 12.6. The molecule has 1 N–H and O–H groups in total. The summed E-state index contributed by atoms with van der Waals surface area (Å²) >= 11 is 4.62. The van der Waals surface area contributed by atoms with Crippen LogP contribution in [0, 0.1) is 11.6 Å². The van der Waals surface area contributed by atoms with E-state index in [0.717, 1.165) is 12.0 Å². The summed E-state index contributed by atoms with van der Waals surface area (Å²) < 4.78 is 28.6. The number of nitrogens with one attached hydrogen (secondary N) is 1. The van der Waals surface area contributed by atoms with Crippen LogP contribution in [0.5, 0.6) is 0 Å². The first-order valence-electron chi connectivity index (χ1n) is 6.03. The van der Waals surface area contributed by atoms with Crippen LogP contribution in [0.1, 0.15) is 30.5 Å². The molecule has 0 aliphatic rings. The first-order chi connectivity index (χ1) is 9.13. The molecule has 0 spiro atoms. The van der Waals surface area contributed by atoms with E-state index in [2.05, 4.69) is 21.2 Å². The molecule has 0 amide bonds. The quantitative estimate of drug-likeness (QED) is 0.814. The van der Waals surface area contributed by atoms with Gasteiger partial charge in [-0.25, -0.2) is 8.78 Å². The summed E-state index contributed by atoms with van der Waals surface area (Å²) in [5, 5.41) is 7.02. The smallest absolute Gasteiger partial charge is 0.132 e. The molecular formula is C14H14BrF2NS. The van der Waals surface area contributed by atoms with Crippen molar-refractivity contribution in [2.75, 3.05) is 6.54 Å². The molecule has 0 fully saturated rings. The van der Waals surface area contributed by atoms with Crippen LogP contribution < -0.4 is 5.32 Å². The minimum Gasteiger partial charge on any atom is -0.306 e. The third-order valence-electron chi connectivity index (χ3n) is 2.81. The minimum absolute atomic E-state index is 0.0788. The highest BCUT2D eigenvalue weighted by Crippen LogP contribution is 2.30. The van der Waals surface area contributed by atoms with Crippen LogP contribution in [0.2, 0.25) is 0 Å². The molecule has 19 heavy (non-hydrogen) atoms. The predicted octanol–water partition coefficient (Wildman–Crippen LogP) is 4.88. The van der Waals surface area contributed by atoms with Crippen molar-refractivity contribution in [1.82, 2.24) is 5.32 Å². The van der Waals surface area contributed by atoms with Crippen molar-refractivity contribution < 1.29 is 8.78 Å². The highest BCUT2D eigenvalue weighted by atomic mass is 79.9. The van der Waals surface area contributed by atoms with Crippen LogP contribution in [0.3, 0.4) is 0 Å². The van der Waals surface area contributed by atoms with Gasteiger partial charge < -0.3 is 5.32 Å². The van der Waals surface area contributed by atoms with Gasteiger partial charge in [-0.15, -0.1) is 0 Å². The van der Waals surface area contributed by atoms with Crippen molar-refractivity contribution >= 4 is 27.3 Å². The predicted molar refractivity (Wildman–Crippen MR) is 78.5 cm³/mol. The number of rotatable bonds is 5. The van der Waals surface area contributed by atoms with Crippen molar-refractivity contribution in [3.63, 3.8) is 0 Å². The first-order valence-corrected chi connectivity index (χ1v) is 7.77. The summed E-state index contributed by atoms with van der Waals surface area (Å²) in [5.41, 5.74) is 0.966. The fourth-order valence-electron chi connectivity index (χ4n) is 1.94. The number of thiophene rings is 1. The van der Waals surface area contributed by atoms with E-state index in [4.69, 9.17) is 0 Å². The zero-order valence-electron chi connectivity index (χ0n) is 10.4. The van der Waals surface area contributed by atoms with Crippen molar-refractivity contribution in [2.24, 2.45) is 0 Å². The summed E-state index contributed by atoms with van der Waals surface area (Å²) in [6, 6.07) is 4.04. The molecule has 1 atom stereocenters. The number of benzene rings is 1. The van der Waals surface area contributed by atoms with Gasteiger partial charge in [-0.3, -0.25) is 0 Å². The first kappa shape index (κ1) is 14.6. The molecule has 102 valence electrons. The Hall–Kier alpha value is -0.780. The van der Waals surface area contributed by atoms with Crippen molar-refractivity contribution in [3.8, 4) is 0 Å². The molecule has 1 aromatic carbocycles. The zero-order valence-corrected chi connectivity index (χ0v) is 12.8. The Kier molecular flexibility index (Phi) is 5.07. The topological polar surface area (TPSA) is 12.0 Å². The van der Waals surface area contributed by atoms with Crippen LogP contribution in [0.25, 0.3) is 0 Å². The zero-order chi connectivity index (χ0) is 13.8. The van der Waals surface area contributed by atoms with E-state index in [1.807, 2.05) is 23.8 Å². The lowest BCUT2D eigenvalue weighted by molar-refractivity contribution is 0.502. The SMILES string of the molecule is CCCNC(c1ccsc1)c1c(F)cc(Br)cc1F. The van der Waals surface area contributed by atoms with Gasteiger partial charge in [-0.1, -0.05) is 22.9 Å². The monoisotopic (exact) mass is 345 g/mol. The molecule has 0 bridgehead atoms. The van der Waals surface area contributed by atoms with Gasteiger partial charge in [0.1, 0.15) is 11.6 Å². The lowest BCUT2D eigenvalue weighted by Crippen LogP contribution is -2.24. The van der Waals surface area contributed by atoms with E-state index in [1.54, 1.807) is 0 Å². The Morgan fingerprint density at radius 1 is 1.32 bits per heavy atom. The Labute approximate surface area is 123 Å². The molecule has 1 aromatic heterocycles. The summed E-state index contributed by atoms with van der Waals surface area (Å²) in [6.45, 7) is 2.72. The van der Waals surface area contributed by atoms with Crippen LogP contribution in [0.15, 0.2) is 33.4 Å². The maximum absolute atomic E-state index is 14.1. The Morgan fingerprint density at radius 2 is 2.00 bits per heavy atom. The second kappa shape index (κ2) is 6.59. The average molecular weight is 346 g/mol. The third-order valence-corrected chi connectivity index (χ3v) is 3.97. The van der Waals surface area contributed by atoms with Gasteiger partial charge in [-0.05, 0) is 47.5 Å². The van der Waals surface area contributed by atoms with E-state index in [1.165, 1.54) is 23.5 Å². The van der Waals surface area contributed by atoms with Crippen LogP contribution in [-0.2, 0) is 0 Å². The Bertz CT molecular complexity index is 519. The van der Waals surface area contributed by atoms with Gasteiger partial charge in [0.2, 0.25) is 0 Å². The number of hydrogen-bond acceptors (Lipinski definition) is 2. The highest BCUT2D eigenvalue weighted by Gasteiger charge is 2.22. The molecule has 5 heteroatoms. The lowest BCUT2D eigenvalue weighted by atomic mass is 10.00. The summed E-state index contributed by atoms with van der Waals surface area (Å²) in [4.78, 5) is 0. The fraction of sp³-hybridized carbons (Fsp3) is 0.286. The largest absolute Gasteiger partial charge is 0.306 e. The van der Waals surface area contributed by atoms with Gasteiger partial charge in [0, 0.05) is 10.0 Å². The maximum atomic E-state index is 14.1. The summed E-state index contributed by atoms with van der Waals surface area (Å²) in [6.07, 6.45) is 0.903. The third kappa shape index (κ3) is 3.41. The molecule has 0 aliphatic carbocycles.